The fraction of sp³-hybridized carbons (Fsp3) is 0.474. The van der Waals surface area contributed by atoms with Gasteiger partial charge < -0.3 is 13.9 Å². The molecule has 5 heteroatoms. The largest absolute Gasteiger partial charge is 0.481 e. The zero-order valence-electron chi connectivity index (χ0n) is 14.3. The number of hydrogen-bond donors (Lipinski definition) is 0. The first kappa shape index (κ1) is 16.6. The highest BCUT2D eigenvalue weighted by Crippen LogP contribution is 2.32. The lowest BCUT2D eigenvalue weighted by molar-refractivity contribution is -0.149. The lowest BCUT2D eigenvalue weighted by atomic mass is 9.90. The van der Waals surface area contributed by atoms with Crippen LogP contribution in [0.4, 0.5) is 0 Å². The van der Waals surface area contributed by atoms with Crippen molar-refractivity contribution in [1.29, 1.82) is 0 Å². The van der Waals surface area contributed by atoms with Crippen LogP contribution in [0.15, 0.2) is 21.3 Å². The Morgan fingerprint density at radius 3 is 2.62 bits per heavy atom. The van der Waals surface area contributed by atoms with Crippen LogP contribution in [-0.2, 0) is 22.4 Å². The van der Waals surface area contributed by atoms with E-state index in [4.69, 9.17) is 13.9 Å². The Kier molecular flexibility index (Phi) is 4.60. The van der Waals surface area contributed by atoms with Gasteiger partial charge in [0.2, 0.25) is 0 Å². The van der Waals surface area contributed by atoms with Crippen molar-refractivity contribution < 1.29 is 18.7 Å². The topological polar surface area (TPSA) is 65.7 Å². The van der Waals surface area contributed by atoms with E-state index in [1.807, 2.05) is 19.1 Å². The number of hydrogen-bond acceptors (Lipinski definition) is 5. The predicted octanol–water partition coefficient (Wildman–Crippen LogP) is 3.31. The number of carbonyl (C=O) groups excluding carboxylic acids is 1. The number of fused-ring (bicyclic) bond motifs is 3. The average Bonchev–Trinajstić information content (AvgIpc) is 2.54. The molecule has 0 saturated carbocycles. The van der Waals surface area contributed by atoms with E-state index in [2.05, 4.69) is 0 Å². The number of carbonyl (C=O) groups is 1. The van der Waals surface area contributed by atoms with Crippen molar-refractivity contribution in [3.05, 3.63) is 39.2 Å². The summed E-state index contributed by atoms with van der Waals surface area (Å²) < 4.78 is 16.2. The standard InChI is InChI=1S/C19H22O5/c1-11(2)23-17(20)10-22-16-9-8-14-13-6-4-5-7-15(13)19(21)24-18(14)12(16)3/h8-9,11H,4-7,10H2,1-3H3. The van der Waals surface area contributed by atoms with Crippen LogP contribution in [0.2, 0.25) is 0 Å². The summed E-state index contributed by atoms with van der Waals surface area (Å²) in [6, 6.07) is 3.74. The van der Waals surface area contributed by atoms with Gasteiger partial charge in [0, 0.05) is 16.5 Å². The molecule has 3 rings (SSSR count). The Balaban J connectivity index is 1.94. The molecule has 0 unspecified atom stereocenters. The van der Waals surface area contributed by atoms with Gasteiger partial charge in [-0.05, 0) is 64.2 Å². The van der Waals surface area contributed by atoms with Gasteiger partial charge in [-0.1, -0.05) is 0 Å². The Bertz CT molecular complexity index is 832. The van der Waals surface area contributed by atoms with Crippen LogP contribution >= 0.6 is 0 Å². The minimum atomic E-state index is -0.420. The van der Waals surface area contributed by atoms with Crippen molar-refractivity contribution in [3.8, 4) is 5.75 Å². The molecule has 0 N–H and O–H groups in total. The van der Waals surface area contributed by atoms with E-state index >= 15 is 0 Å². The van der Waals surface area contributed by atoms with Gasteiger partial charge in [0.15, 0.2) is 6.61 Å². The SMILES string of the molecule is Cc1c(OCC(=O)OC(C)C)ccc2c3c(c(=O)oc12)CCCC3. The summed E-state index contributed by atoms with van der Waals surface area (Å²) in [5.41, 5.74) is 2.94. The first-order valence-electron chi connectivity index (χ1n) is 8.38. The number of rotatable bonds is 4. The molecule has 1 aliphatic rings. The van der Waals surface area contributed by atoms with Gasteiger partial charge >= 0.3 is 11.6 Å². The molecule has 0 amide bonds. The van der Waals surface area contributed by atoms with Crippen molar-refractivity contribution >= 4 is 16.9 Å². The highest BCUT2D eigenvalue weighted by Gasteiger charge is 2.20. The van der Waals surface area contributed by atoms with Crippen LogP contribution < -0.4 is 10.4 Å². The number of benzene rings is 1. The summed E-state index contributed by atoms with van der Waals surface area (Å²) in [6.45, 7) is 5.25. The molecule has 0 radical (unpaired) electrons. The summed E-state index contributed by atoms with van der Waals surface area (Å²) >= 11 is 0. The predicted molar refractivity (Wildman–Crippen MR) is 90.6 cm³/mol. The Morgan fingerprint density at radius 1 is 1.21 bits per heavy atom. The summed E-state index contributed by atoms with van der Waals surface area (Å²) in [6.07, 6.45) is 3.62. The molecule has 128 valence electrons. The third-order valence-corrected chi connectivity index (χ3v) is 4.30. The first-order valence-corrected chi connectivity index (χ1v) is 8.38. The van der Waals surface area contributed by atoms with E-state index in [9.17, 15) is 9.59 Å². The third kappa shape index (κ3) is 3.16. The van der Waals surface area contributed by atoms with Gasteiger partial charge in [-0.25, -0.2) is 9.59 Å². The number of ether oxygens (including phenoxy) is 2. The van der Waals surface area contributed by atoms with Gasteiger partial charge in [-0.15, -0.1) is 0 Å². The molecule has 0 atom stereocenters. The van der Waals surface area contributed by atoms with Crippen LogP contribution in [0.1, 0.15) is 43.4 Å². The van der Waals surface area contributed by atoms with Gasteiger partial charge in [-0.3, -0.25) is 0 Å². The maximum Gasteiger partial charge on any atom is 0.344 e. The minimum absolute atomic E-state index is 0.167. The molecule has 0 spiro atoms. The minimum Gasteiger partial charge on any atom is -0.481 e. The Morgan fingerprint density at radius 2 is 1.92 bits per heavy atom. The third-order valence-electron chi connectivity index (χ3n) is 4.30. The lowest BCUT2D eigenvalue weighted by Gasteiger charge is -2.18. The maximum absolute atomic E-state index is 12.2. The van der Waals surface area contributed by atoms with Crippen molar-refractivity contribution in [2.75, 3.05) is 6.61 Å². The molecule has 0 saturated heterocycles. The van der Waals surface area contributed by atoms with Crippen LogP contribution in [-0.4, -0.2) is 18.7 Å². The van der Waals surface area contributed by atoms with E-state index in [1.54, 1.807) is 13.8 Å². The fourth-order valence-corrected chi connectivity index (χ4v) is 3.21. The lowest BCUT2D eigenvalue weighted by Crippen LogP contribution is -2.19. The van der Waals surface area contributed by atoms with Gasteiger partial charge in [0.25, 0.3) is 0 Å². The molecule has 24 heavy (non-hydrogen) atoms. The van der Waals surface area contributed by atoms with Gasteiger partial charge in [0.1, 0.15) is 11.3 Å². The molecule has 1 aliphatic carbocycles. The Labute approximate surface area is 140 Å². The van der Waals surface area contributed by atoms with E-state index in [0.717, 1.165) is 47.8 Å². The normalized spacial score (nSPS) is 13.8. The number of aryl methyl sites for hydroxylation is 2. The molecule has 2 aromatic rings. The summed E-state index contributed by atoms with van der Waals surface area (Å²) in [4.78, 5) is 23.9. The molecule has 1 aromatic carbocycles. The van der Waals surface area contributed by atoms with Crippen LogP contribution in [0.25, 0.3) is 11.0 Å². The molecule has 1 heterocycles. The highest BCUT2D eigenvalue weighted by molar-refractivity contribution is 5.86. The van der Waals surface area contributed by atoms with Crippen molar-refractivity contribution in [1.82, 2.24) is 0 Å². The number of esters is 1. The quantitative estimate of drug-likeness (QED) is 0.635. The molecule has 0 fully saturated rings. The van der Waals surface area contributed by atoms with Gasteiger partial charge in [-0.2, -0.15) is 0 Å². The smallest absolute Gasteiger partial charge is 0.344 e. The van der Waals surface area contributed by atoms with Crippen LogP contribution in [0, 0.1) is 6.92 Å². The van der Waals surface area contributed by atoms with E-state index < -0.39 is 5.97 Å². The second-order valence-corrected chi connectivity index (χ2v) is 6.45. The van der Waals surface area contributed by atoms with E-state index in [1.165, 1.54) is 0 Å². The Hall–Kier alpha value is -2.30. The van der Waals surface area contributed by atoms with Crippen molar-refractivity contribution in [2.24, 2.45) is 0 Å². The zero-order valence-corrected chi connectivity index (χ0v) is 14.3. The maximum atomic E-state index is 12.2. The summed E-state index contributed by atoms with van der Waals surface area (Å²) in [5.74, 6) is 0.110. The second-order valence-electron chi connectivity index (χ2n) is 6.45. The molecule has 0 aliphatic heterocycles. The highest BCUT2D eigenvalue weighted by atomic mass is 16.6. The van der Waals surface area contributed by atoms with Crippen molar-refractivity contribution in [2.45, 2.75) is 52.6 Å². The van der Waals surface area contributed by atoms with Crippen LogP contribution in [0.3, 0.4) is 0 Å². The molecular formula is C19H22O5. The van der Waals surface area contributed by atoms with Crippen LogP contribution in [0.5, 0.6) is 5.75 Å². The summed E-state index contributed by atoms with van der Waals surface area (Å²) in [7, 11) is 0. The first-order chi connectivity index (χ1) is 11.5. The second kappa shape index (κ2) is 6.67. The fourth-order valence-electron chi connectivity index (χ4n) is 3.21. The van der Waals surface area contributed by atoms with E-state index in [0.29, 0.717) is 11.3 Å². The monoisotopic (exact) mass is 330 g/mol. The zero-order chi connectivity index (χ0) is 17.3. The average molecular weight is 330 g/mol. The molecule has 0 bridgehead atoms. The molecule has 5 nitrogen and oxygen atoms in total. The summed E-state index contributed by atoms with van der Waals surface area (Å²) in [5, 5.41) is 0.971. The van der Waals surface area contributed by atoms with Gasteiger partial charge in [0.05, 0.1) is 6.10 Å². The van der Waals surface area contributed by atoms with Crippen molar-refractivity contribution in [3.63, 3.8) is 0 Å². The van der Waals surface area contributed by atoms with E-state index in [-0.39, 0.29) is 18.3 Å². The molecular weight excluding hydrogens is 308 g/mol. The molecule has 1 aromatic heterocycles.